The van der Waals surface area contributed by atoms with E-state index in [9.17, 15) is 13.2 Å². The number of thioether (sulfide) groups is 1. The van der Waals surface area contributed by atoms with Crippen LogP contribution in [0.2, 0.25) is 0 Å². The highest BCUT2D eigenvalue weighted by Gasteiger charge is 2.31. The average Bonchev–Trinajstić information content (AvgIpc) is 2.81. The van der Waals surface area contributed by atoms with Crippen LogP contribution < -0.4 is 0 Å². The number of nitrogens with zero attached hydrogens (tertiary/aromatic N) is 2. The Kier molecular flexibility index (Phi) is 3.13. The molecule has 2 heterocycles. The van der Waals surface area contributed by atoms with Gasteiger partial charge in [-0.2, -0.15) is 13.2 Å². The normalized spacial score (nSPS) is 11.9. The van der Waals surface area contributed by atoms with Gasteiger partial charge in [0.2, 0.25) is 0 Å². The van der Waals surface area contributed by atoms with Gasteiger partial charge in [0.05, 0.1) is 10.6 Å². The Morgan fingerprint density at radius 1 is 1.15 bits per heavy atom. The molecule has 2 aromatic heterocycles. The fraction of sp³-hybridized carbons (Fsp3) is 0.0769. The molecule has 0 spiro atoms. The maximum atomic E-state index is 12.6. The van der Waals surface area contributed by atoms with E-state index < -0.39 is 5.51 Å². The van der Waals surface area contributed by atoms with E-state index in [0.717, 1.165) is 10.9 Å². The number of benzene rings is 1. The fourth-order valence-corrected chi connectivity index (χ4v) is 2.61. The van der Waals surface area contributed by atoms with Gasteiger partial charge in [-0.3, -0.25) is 0 Å². The van der Waals surface area contributed by atoms with E-state index in [1.807, 2.05) is 24.3 Å². The zero-order valence-corrected chi connectivity index (χ0v) is 10.8. The molecule has 0 bridgehead atoms. The van der Waals surface area contributed by atoms with Gasteiger partial charge in [0.25, 0.3) is 0 Å². The van der Waals surface area contributed by atoms with Crippen LogP contribution in [0.1, 0.15) is 0 Å². The maximum absolute atomic E-state index is 12.6. The van der Waals surface area contributed by atoms with Gasteiger partial charge in [-0.1, -0.05) is 18.2 Å². The van der Waals surface area contributed by atoms with Crippen molar-refractivity contribution in [1.82, 2.24) is 15.0 Å². The third kappa shape index (κ3) is 2.49. The smallest absolute Gasteiger partial charge is 0.360 e. The highest BCUT2D eigenvalue weighted by Crippen LogP contribution is 2.41. The number of hydrogen-bond donors (Lipinski definition) is 1. The molecule has 7 heteroatoms. The molecule has 0 aliphatic carbocycles. The first kappa shape index (κ1) is 13.0. The highest BCUT2D eigenvalue weighted by molar-refractivity contribution is 8.00. The summed E-state index contributed by atoms with van der Waals surface area (Å²) in [6.07, 6.45) is 4.09. The second kappa shape index (κ2) is 4.82. The number of H-pyrrole nitrogens is 1. The summed E-state index contributed by atoms with van der Waals surface area (Å²) in [5.41, 5.74) is -2.61. The fourth-order valence-electron chi connectivity index (χ4n) is 1.99. The molecular weight excluding hydrogens is 287 g/mol. The lowest BCUT2D eigenvalue weighted by molar-refractivity contribution is -0.0328. The van der Waals surface area contributed by atoms with Gasteiger partial charge in [-0.15, -0.1) is 0 Å². The standard InChI is InChI=1S/C13H8F3N3S/c14-13(15,16)20-11-6-17-7-19-12(11)9-5-18-10-4-2-1-3-8(9)10/h1-7,18H. The van der Waals surface area contributed by atoms with Crippen LogP contribution in [0.4, 0.5) is 13.2 Å². The van der Waals surface area contributed by atoms with Crippen LogP contribution in [-0.2, 0) is 0 Å². The first-order valence-electron chi connectivity index (χ1n) is 5.67. The van der Waals surface area contributed by atoms with Crippen LogP contribution >= 0.6 is 11.8 Å². The van der Waals surface area contributed by atoms with Crippen molar-refractivity contribution in [1.29, 1.82) is 0 Å². The van der Waals surface area contributed by atoms with Gasteiger partial charge < -0.3 is 4.98 Å². The predicted octanol–water partition coefficient (Wildman–Crippen LogP) is 4.24. The van der Waals surface area contributed by atoms with Crippen LogP contribution in [0.15, 0.2) is 47.9 Å². The lowest BCUT2D eigenvalue weighted by atomic mass is 10.1. The van der Waals surface area contributed by atoms with Crippen LogP contribution in [0.5, 0.6) is 0 Å². The van der Waals surface area contributed by atoms with Crippen molar-refractivity contribution >= 4 is 22.7 Å². The van der Waals surface area contributed by atoms with E-state index in [4.69, 9.17) is 0 Å². The molecule has 0 radical (unpaired) electrons. The minimum absolute atomic E-state index is 0.00949. The zero-order valence-electron chi connectivity index (χ0n) is 9.98. The molecule has 1 N–H and O–H groups in total. The lowest BCUT2D eigenvalue weighted by Gasteiger charge is -2.08. The number of para-hydroxylation sites is 1. The van der Waals surface area contributed by atoms with Gasteiger partial charge >= 0.3 is 5.51 Å². The van der Waals surface area contributed by atoms with Crippen LogP contribution in [0.3, 0.4) is 0 Å². The molecule has 3 rings (SSSR count). The van der Waals surface area contributed by atoms with Crippen LogP contribution in [0, 0.1) is 0 Å². The van der Waals surface area contributed by atoms with E-state index in [1.54, 1.807) is 6.20 Å². The number of nitrogens with one attached hydrogen (secondary N) is 1. The van der Waals surface area contributed by atoms with E-state index >= 15 is 0 Å². The molecule has 0 unspecified atom stereocenters. The number of aromatic amines is 1. The summed E-state index contributed by atoms with van der Waals surface area (Å²) in [4.78, 5) is 10.7. The Morgan fingerprint density at radius 3 is 2.75 bits per heavy atom. The van der Waals surface area contributed by atoms with E-state index in [1.165, 1.54) is 12.5 Å². The van der Waals surface area contributed by atoms with Gasteiger partial charge in [-0.05, 0) is 17.8 Å². The third-order valence-corrected chi connectivity index (χ3v) is 3.50. The molecule has 0 saturated carbocycles. The second-order valence-corrected chi connectivity index (χ2v) is 5.14. The Morgan fingerprint density at radius 2 is 1.95 bits per heavy atom. The Hall–Kier alpha value is -2.02. The van der Waals surface area contributed by atoms with Gasteiger partial charge in [0.15, 0.2) is 0 Å². The van der Waals surface area contributed by atoms with Gasteiger partial charge in [0, 0.05) is 28.9 Å². The number of alkyl halides is 3. The van der Waals surface area contributed by atoms with Crippen molar-refractivity contribution in [3.8, 4) is 11.3 Å². The van der Waals surface area contributed by atoms with Crippen molar-refractivity contribution in [3.63, 3.8) is 0 Å². The summed E-state index contributed by atoms with van der Waals surface area (Å²) < 4.78 is 37.7. The lowest BCUT2D eigenvalue weighted by Crippen LogP contribution is -2.01. The molecule has 20 heavy (non-hydrogen) atoms. The number of fused-ring (bicyclic) bond motifs is 1. The summed E-state index contributed by atoms with van der Waals surface area (Å²) in [6.45, 7) is 0. The summed E-state index contributed by atoms with van der Waals surface area (Å²) in [7, 11) is 0. The van der Waals surface area contributed by atoms with E-state index in [2.05, 4.69) is 15.0 Å². The number of rotatable bonds is 2. The Balaban J connectivity index is 2.15. The molecule has 0 saturated heterocycles. The number of hydrogen-bond acceptors (Lipinski definition) is 3. The topological polar surface area (TPSA) is 41.6 Å². The van der Waals surface area contributed by atoms with Crippen LogP contribution in [-0.4, -0.2) is 20.5 Å². The molecule has 0 aliphatic heterocycles. The summed E-state index contributed by atoms with van der Waals surface area (Å²) >= 11 is -0.205. The predicted molar refractivity (Wildman–Crippen MR) is 71.2 cm³/mol. The molecule has 3 nitrogen and oxygen atoms in total. The quantitative estimate of drug-likeness (QED) is 0.719. The van der Waals surface area contributed by atoms with E-state index in [-0.39, 0.29) is 22.4 Å². The summed E-state index contributed by atoms with van der Waals surface area (Å²) in [5, 5.41) is 0.829. The maximum Gasteiger partial charge on any atom is 0.446 e. The third-order valence-electron chi connectivity index (χ3n) is 2.75. The van der Waals surface area contributed by atoms with Crippen molar-refractivity contribution in [2.24, 2.45) is 0 Å². The zero-order chi connectivity index (χ0) is 14.2. The minimum atomic E-state index is -4.37. The summed E-state index contributed by atoms with van der Waals surface area (Å²) in [5.74, 6) is 0. The Bertz CT molecular complexity index is 752. The van der Waals surface area contributed by atoms with Crippen molar-refractivity contribution in [2.75, 3.05) is 0 Å². The summed E-state index contributed by atoms with van der Waals surface area (Å²) in [6, 6.07) is 7.38. The van der Waals surface area contributed by atoms with Crippen molar-refractivity contribution in [3.05, 3.63) is 43.0 Å². The number of halogens is 3. The first-order valence-corrected chi connectivity index (χ1v) is 6.48. The minimum Gasteiger partial charge on any atom is -0.360 e. The average molecular weight is 295 g/mol. The first-order chi connectivity index (χ1) is 9.54. The SMILES string of the molecule is FC(F)(F)Sc1cncnc1-c1c[nH]c2ccccc12. The molecule has 0 amide bonds. The van der Waals surface area contributed by atoms with Crippen molar-refractivity contribution in [2.45, 2.75) is 10.4 Å². The molecule has 3 aromatic rings. The molecule has 0 fully saturated rings. The Labute approximate surface area is 116 Å². The van der Waals surface area contributed by atoms with Gasteiger partial charge in [-0.25, -0.2) is 9.97 Å². The largest absolute Gasteiger partial charge is 0.446 e. The molecule has 0 aliphatic rings. The highest BCUT2D eigenvalue weighted by atomic mass is 32.2. The monoisotopic (exact) mass is 295 g/mol. The molecular formula is C13H8F3N3S. The second-order valence-electron chi connectivity index (χ2n) is 4.03. The van der Waals surface area contributed by atoms with Crippen LogP contribution in [0.25, 0.3) is 22.2 Å². The van der Waals surface area contributed by atoms with Crippen molar-refractivity contribution < 1.29 is 13.2 Å². The van der Waals surface area contributed by atoms with Gasteiger partial charge in [0.1, 0.15) is 6.33 Å². The molecule has 1 aromatic carbocycles. The number of aromatic nitrogens is 3. The van der Waals surface area contributed by atoms with E-state index in [0.29, 0.717) is 5.56 Å². The molecule has 0 atom stereocenters. The molecule has 102 valence electrons.